The van der Waals surface area contributed by atoms with Crippen LogP contribution in [0.2, 0.25) is 0 Å². The maximum absolute atomic E-state index is 10.4. The zero-order chi connectivity index (χ0) is 15.2. The molecule has 1 aliphatic heterocycles. The van der Waals surface area contributed by atoms with E-state index < -0.39 is 6.10 Å². The van der Waals surface area contributed by atoms with Crippen molar-refractivity contribution >= 4 is 5.95 Å². The van der Waals surface area contributed by atoms with Gasteiger partial charge in [-0.3, -0.25) is 4.90 Å². The summed E-state index contributed by atoms with van der Waals surface area (Å²) in [7, 11) is 0. The minimum Gasteiger partial charge on any atom is -0.387 e. The number of hydrogen-bond acceptors (Lipinski definition) is 5. The molecule has 1 aromatic carbocycles. The van der Waals surface area contributed by atoms with E-state index in [0.717, 1.165) is 44.1 Å². The molecule has 2 aromatic rings. The Kier molecular flexibility index (Phi) is 4.98. The minimum absolute atomic E-state index is 0.430. The average molecular weight is 298 g/mol. The summed E-state index contributed by atoms with van der Waals surface area (Å²) in [6.45, 7) is 4.44. The van der Waals surface area contributed by atoms with Gasteiger partial charge in [0.15, 0.2) is 0 Å². The molecule has 0 radical (unpaired) electrons. The molecule has 1 atom stereocenters. The van der Waals surface area contributed by atoms with Crippen molar-refractivity contribution in [3.63, 3.8) is 0 Å². The Balaban J connectivity index is 1.57. The number of aromatic nitrogens is 2. The van der Waals surface area contributed by atoms with E-state index in [4.69, 9.17) is 0 Å². The Morgan fingerprint density at radius 1 is 0.955 bits per heavy atom. The van der Waals surface area contributed by atoms with Gasteiger partial charge in [0, 0.05) is 45.1 Å². The van der Waals surface area contributed by atoms with Crippen LogP contribution in [0.1, 0.15) is 18.1 Å². The molecule has 2 heterocycles. The van der Waals surface area contributed by atoms with Crippen molar-refractivity contribution in [3.05, 3.63) is 54.4 Å². The molecule has 0 amide bonds. The van der Waals surface area contributed by atoms with Crippen molar-refractivity contribution < 1.29 is 5.11 Å². The van der Waals surface area contributed by atoms with Gasteiger partial charge < -0.3 is 10.0 Å². The maximum Gasteiger partial charge on any atom is 0.225 e. The van der Waals surface area contributed by atoms with Crippen LogP contribution in [0.4, 0.5) is 5.95 Å². The Bertz CT molecular complexity index is 563. The first-order valence-corrected chi connectivity index (χ1v) is 7.80. The van der Waals surface area contributed by atoms with Crippen LogP contribution in [0.3, 0.4) is 0 Å². The van der Waals surface area contributed by atoms with Gasteiger partial charge in [-0.15, -0.1) is 0 Å². The van der Waals surface area contributed by atoms with Gasteiger partial charge in [-0.05, 0) is 18.1 Å². The molecule has 0 aliphatic carbocycles. The monoisotopic (exact) mass is 298 g/mol. The van der Waals surface area contributed by atoms with E-state index in [-0.39, 0.29) is 0 Å². The summed E-state index contributed by atoms with van der Waals surface area (Å²) in [5.74, 6) is 0.799. The number of aliphatic hydroxyl groups excluding tert-OH is 1. The fraction of sp³-hybridized carbons (Fsp3) is 0.412. The van der Waals surface area contributed by atoms with Gasteiger partial charge in [-0.1, -0.05) is 30.3 Å². The molecule has 0 saturated carbocycles. The van der Waals surface area contributed by atoms with E-state index in [1.807, 2.05) is 36.4 Å². The molecular formula is C17H22N4O. The molecule has 3 rings (SSSR count). The molecule has 5 heteroatoms. The van der Waals surface area contributed by atoms with Crippen molar-refractivity contribution in [2.75, 3.05) is 37.6 Å². The van der Waals surface area contributed by atoms with Gasteiger partial charge in [0.25, 0.3) is 0 Å². The van der Waals surface area contributed by atoms with Gasteiger partial charge in [0.05, 0.1) is 6.10 Å². The molecule has 1 N–H and O–H groups in total. The van der Waals surface area contributed by atoms with Gasteiger partial charge in [-0.2, -0.15) is 0 Å². The van der Waals surface area contributed by atoms with Crippen molar-refractivity contribution in [2.24, 2.45) is 0 Å². The van der Waals surface area contributed by atoms with E-state index in [2.05, 4.69) is 19.8 Å². The molecule has 1 aromatic heterocycles. The lowest BCUT2D eigenvalue weighted by atomic mass is 10.1. The van der Waals surface area contributed by atoms with Crippen molar-refractivity contribution in [1.29, 1.82) is 0 Å². The van der Waals surface area contributed by atoms with Crippen LogP contribution in [-0.2, 0) is 0 Å². The Morgan fingerprint density at radius 3 is 2.50 bits per heavy atom. The highest BCUT2D eigenvalue weighted by Gasteiger charge is 2.19. The first kappa shape index (κ1) is 14.9. The summed E-state index contributed by atoms with van der Waals surface area (Å²) < 4.78 is 0. The quantitative estimate of drug-likeness (QED) is 0.931. The van der Waals surface area contributed by atoms with Crippen LogP contribution < -0.4 is 4.90 Å². The molecule has 1 aliphatic rings. The summed E-state index contributed by atoms with van der Waals surface area (Å²) >= 11 is 0. The highest BCUT2D eigenvalue weighted by Crippen LogP contribution is 2.16. The Labute approximate surface area is 131 Å². The zero-order valence-electron chi connectivity index (χ0n) is 12.7. The molecule has 116 valence electrons. The fourth-order valence-electron chi connectivity index (χ4n) is 2.83. The molecule has 5 nitrogen and oxygen atoms in total. The van der Waals surface area contributed by atoms with Crippen LogP contribution in [-0.4, -0.2) is 52.7 Å². The number of hydrogen-bond donors (Lipinski definition) is 1. The smallest absolute Gasteiger partial charge is 0.225 e. The van der Waals surface area contributed by atoms with Crippen LogP contribution in [0, 0.1) is 0 Å². The van der Waals surface area contributed by atoms with E-state index >= 15 is 0 Å². The summed E-state index contributed by atoms with van der Waals surface area (Å²) in [6, 6.07) is 11.7. The highest BCUT2D eigenvalue weighted by molar-refractivity contribution is 5.28. The van der Waals surface area contributed by atoms with E-state index in [1.54, 1.807) is 12.4 Å². The predicted octanol–water partition coefficient (Wildman–Crippen LogP) is 1.72. The SMILES string of the molecule is O[C@H](CN1CCCN(c2ncccn2)CC1)c1ccccc1. The zero-order valence-corrected chi connectivity index (χ0v) is 12.7. The third-order valence-electron chi connectivity index (χ3n) is 4.04. The summed E-state index contributed by atoms with van der Waals surface area (Å²) in [5, 5.41) is 10.4. The van der Waals surface area contributed by atoms with Gasteiger partial charge in [0.2, 0.25) is 5.95 Å². The van der Waals surface area contributed by atoms with Crippen LogP contribution in [0.5, 0.6) is 0 Å². The Morgan fingerprint density at radius 2 is 1.73 bits per heavy atom. The van der Waals surface area contributed by atoms with Crippen molar-refractivity contribution in [2.45, 2.75) is 12.5 Å². The van der Waals surface area contributed by atoms with Crippen LogP contribution in [0.25, 0.3) is 0 Å². The largest absolute Gasteiger partial charge is 0.387 e. The van der Waals surface area contributed by atoms with Gasteiger partial charge in [0.1, 0.15) is 0 Å². The van der Waals surface area contributed by atoms with E-state index in [0.29, 0.717) is 6.54 Å². The third kappa shape index (κ3) is 3.81. The number of anilines is 1. The first-order valence-electron chi connectivity index (χ1n) is 7.80. The normalized spacial score (nSPS) is 18.0. The summed E-state index contributed by atoms with van der Waals surface area (Å²) in [6.07, 6.45) is 4.19. The van der Waals surface area contributed by atoms with Crippen LogP contribution in [0.15, 0.2) is 48.8 Å². The molecule has 1 fully saturated rings. The minimum atomic E-state index is -0.430. The maximum atomic E-state index is 10.4. The van der Waals surface area contributed by atoms with Crippen LogP contribution >= 0.6 is 0 Å². The second-order valence-electron chi connectivity index (χ2n) is 5.62. The molecule has 1 saturated heterocycles. The van der Waals surface area contributed by atoms with E-state index in [1.165, 1.54) is 0 Å². The number of aliphatic hydroxyl groups is 1. The van der Waals surface area contributed by atoms with Gasteiger partial charge in [-0.25, -0.2) is 9.97 Å². The lowest BCUT2D eigenvalue weighted by Gasteiger charge is -2.24. The van der Waals surface area contributed by atoms with Crippen molar-refractivity contribution in [3.8, 4) is 0 Å². The number of nitrogens with zero attached hydrogens (tertiary/aromatic N) is 4. The molecule has 0 bridgehead atoms. The average Bonchev–Trinajstić information content (AvgIpc) is 2.82. The molecule has 22 heavy (non-hydrogen) atoms. The lowest BCUT2D eigenvalue weighted by Crippen LogP contribution is -2.34. The molecule has 0 spiro atoms. The lowest BCUT2D eigenvalue weighted by molar-refractivity contribution is 0.117. The van der Waals surface area contributed by atoms with Gasteiger partial charge >= 0.3 is 0 Å². The summed E-state index contributed by atoms with van der Waals surface area (Å²) in [4.78, 5) is 13.2. The molecular weight excluding hydrogens is 276 g/mol. The number of benzene rings is 1. The first-order chi connectivity index (χ1) is 10.8. The van der Waals surface area contributed by atoms with Crippen molar-refractivity contribution in [1.82, 2.24) is 14.9 Å². The standard InChI is InChI=1S/C17H22N4O/c22-16(15-6-2-1-3-7-15)14-20-10-5-11-21(13-12-20)17-18-8-4-9-19-17/h1-4,6-9,16,22H,5,10-14H2/t16-/m1/s1. The third-order valence-corrected chi connectivity index (χ3v) is 4.04. The second-order valence-corrected chi connectivity index (χ2v) is 5.62. The van der Waals surface area contributed by atoms with E-state index in [9.17, 15) is 5.11 Å². The Hall–Kier alpha value is -1.98. The number of rotatable bonds is 4. The second kappa shape index (κ2) is 7.33. The summed E-state index contributed by atoms with van der Waals surface area (Å²) in [5.41, 5.74) is 0.981. The predicted molar refractivity (Wildman–Crippen MR) is 86.7 cm³/mol. The fourth-order valence-corrected chi connectivity index (χ4v) is 2.83. The highest BCUT2D eigenvalue weighted by atomic mass is 16.3. The topological polar surface area (TPSA) is 52.5 Å². The number of β-amino-alcohol motifs (C(OH)–C–C–N with tert-alkyl or cyclic N) is 1. The molecule has 0 unspecified atom stereocenters.